The Morgan fingerprint density at radius 3 is 2.55 bits per heavy atom. The Kier molecular flexibility index (Phi) is 3.39. The standard InChI is InChI=1S/C17H24O3/c1-16(2)13-8-14(16)17(19,15(18)9-13)11-20-10-12-6-4-3-5-7-12/h3-7,13-15,18-19H,8-11H2,1-2H3/t13-,14-,15+,17-/m0/s1. The highest BCUT2D eigenvalue weighted by Gasteiger charge is 2.64. The molecule has 0 unspecified atom stereocenters. The monoisotopic (exact) mass is 276 g/mol. The van der Waals surface area contributed by atoms with Crippen molar-refractivity contribution < 1.29 is 14.9 Å². The van der Waals surface area contributed by atoms with Crippen LogP contribution in [0.3, 0.4) is 0 Å². The quantitative estimate of drug-likeness (QED) is 0.887. The summed E-state index contributed by atoms with van der Waals surface area (Å²) in [7, 11) is 0. The molecule has 0 saturated heterocycles. The normalized spacial score (nSPS) is 38.3. The molecule has 0 aromatic heterocycles. The van der Waals surface area contributed by atoms with Crippen LogP contribution in [0.15, 0.2) is 30.3 Å². The molecule has 20 heavy (non-hydrogen) atoms. The molecule has 3 aliphatic rings. The molecule has 3 aliphatic carbocycles. The third-order valence-corrected chi connectivity index (χ3v) is 5.60. The summed E-state index contributed by atoms with van der Waals surface area (Å²) in [6.45, 7) is 5.08. The molecule has 4 atom stereocenters. The molecule has 2 bridgehead atoms. The van der Waals surface area contributed by atoms with Gasteiger partial charge in [0.25, 0.3) is 0 Å². The first-order valence-electron chi connectivity index (χ1n) is 7.46. The van der Waals surface area contributed by atoms with Crippen LogP contribution in [0, 0.1) is 17.3 Å². The average Bonchev–Trinajstić information content (AvgIpc) is 2.42. The Hall–Kier alpha value is -0.900. The van der Waals surface area contributed by atoms with Crippen molar-refractivity contribution in [1.29, 1.82) is 0 Å². The molecule has 3 fully saturated rings. The van der Waals surface area contributed by atoms with Crippen molar-refractivity contribution in [3.05, 3.63) is 35.9 Å². The number of aliphatic hydroxyl groups is 2. The lowest BCUT2D eigenvalue weighted by Gasteiger charge is -2.64. The molecular formula is C17H24O3. The van der Waals surface area contributed by atoms with Crippen molar-refractivity contribution in [2.45, 2.75) is 45.0 Å². The molecule has 4 rings (SSSR count). The van der Waals surface area contributed by atoms with E-state index in [9.17, 15) is 10.2 Å². The Morgan fingerprint density at radius 2 is 1.90 bits per heavy atom. The van der Waals surface area contributed by atoms with Crippen LogP contribution in [-0.4, -0.2) is 28.5 Å². The maximum absolute atomic E-state index is 10.9. The SMILES string of the molecule is CC1(C)[C@@H]2C[C@@H](O)[C@](O)(COCc3ccccc3)[C@H]1C2. The minimum atomic E-state index is -1.09. The second-order valence-corrected chi connectivity index (χ2v) is 7.03. The first kappa shape index (κ1) is 14.1. The van der Waals surface area contributed by atoms with Crippen molar-refractivity contribution in [2.75, 3.05) is 6.61 Å². The Balaban J connectivity index is 1.63. The van der Waals surface area contributed by atoms with Crippen molar-refractivity contribution in [2.24, 2.45) is 17.3 Å². The molecule has 2 N–H and O–H groups in total. The summed E-state index contributed by atoms with van der Waals surface area (Å²) in [6, 6.07) is 9.93. The van der Waals surface area contributed by atoms with E-state index in [0.29, 0.717) is 18.9 Å². The topological polar surface area (TPSA) is 49.7 Å². The molecule has 0 amide bonds. The fourth-order valence-corrected chi connectivity index (χ4v) is 4.07. The van der Waals surface area contributed by atoms with Crippen LogP contribution >= 0.6 is 0 Å². The second kappa shape index (κ2) is 4.83. The van der Waals surface area contributed by atoms with Gasteiger partial charge in [-0.15, -0.1) is 0 Å². The van der Waals surface area contributed by atoms with Gasteiger partial charge in [-0.05, 0) is 35.7 Å². The molecule has 0 heterocycles. The van der Waals surface area contributed by atoms with Gasteiger partial charge in [-0.2, -0.15) is 0 Å². The molecule has 110 valence electrons. The predicted molar refractivity (Wildman–Crippen MR) is 77.0 cm³/mol. The Bertz CT molecular complexity index is 470. The van der Waals surface area contributed by atoms with Gasteiger partial charge >= 0.3 is 0 Å². The number of ether oxygens (including phenoxy) is 1. The molecular weight excluding hydrogens is 252 g/mol. The van der Waals surface area contributed by atoms with E-state index in [0.717, 1.165) is 12.0 Å². The number of hydrogen-bond acceptors (Lipinski definition) is 3. The molecule has 3 nitrogen and oxygen atoms in total. The lowest BCUT2D eigenvalue weighted by Crippen LogP contribution is -2.69. The Labute approximate surface area is 120 Å². The van der Waals surface area contributed by atoms with Gasteiger partial charge in [0, 0.05) is 0 Å². The minimum Gasteiger partial charge on any atom is -0.390 e. The van der Waals surface area contributed by atoms with Gasteiger partial charge in [-0.3, -0.25) is 0 Å². The number of aliphatic hydroxyl groups excluding tert-OH is 1. The highest BCUT2D eigenvalue weighted by atomic mass is 16.5. The zero-order chi connectivity index (χ0) is 14.4. The highest BCUT2D eigenvalue weighted by Crippen LogP contribution is 2.62. The lowest BCUT2D eigenvalue weighted by molar-refractivity contribution is -0.270. The molecule has 1 aromatic carbocycles. The predicted octanol–water partition coefficient (Wildman–Crippen LogP) is 2.36. The lowest BCUT2D eigenvalue weighted by atomic mass is 9.43. The van der Waals surface area contributed by atoms with E-state index in [1.54, 1.807) is 0 Å². The fraction of sp³-hybridized carbons (Fsp3) is 0.647. The Morgan fingerprint density at radius 1 is 1.20 bits per heavy atom. The summed E-state index contributed by atoms with van der Waals surface area (Å²) in [4.78, 5) is 0. The van der Waals surface area contributed by atoms with Crippen LogP contribution in [0.25, 0.3) is 0 Å². The van der Waals surface area contributed by atoms with Gasteiger partial charge in [0.05, 0.1) is 19.3 Å². The van der Waals surface area contributed by atoms with Crippen LogP contribution in [0.5, 0.6) is 0 Å². The molecule has 0 spiro atoms. The van der Waals surface area contributed by atoms with Gasteiger partial charge in [0.1, 0.15) is 5.60 Å². The smallest absolute Gasteiger partial charge is 0.117 e. The van der Waals surface area contributed by atoms with E-state index < -0.39 is 11.7 Å². The number of hydrogen-bond donors (Lipinski definition) is 2. The fourth-order valence-electron chi connectivity index (χ4n) is 4.07. The first-order valence-corrected chi connectivity index (χ1v) is 7.46. The van der Waals surface area contributed by atoms with Gasteiger partial charge in [0.2, 0.25) is 0 Å². The number of fused-ring (bicyclic) bond motifs is 2. The average molecular weight is 276 g/mol. The molecule has 0 aliphatic heterocycles. The largest absolute Gasteiger partial charge is 0.390 e. The minimum absolute atomic E-state index is 0.115. The maximum Gasteiger partial charge on any atom is 0.117 e. The number of rotatable bonds is 4. The summed E-state index contributed by atoms with van der Waals surface area (Å²) < 4.78 is 5.71. The van der Waals surface area contributed by atoms with Crippen LogP contribution in [0.4, 0.5) is 0 Å². The number of benzene rings is 1. The zero-order valence-corrected chi connectivity index (χ0v) is 12.2. The third-order valence-electron chi connectivity index (χ3n) is 5.60. The summed E-state index contributed by atoms with van der Waals surface area (Å²) in [6.07, 6.45) is 1.04. The van der Waals surface area contributed by atoms with Crippen LogP contribution in [-0.2, 0) is 11.3 Å². The van der Waals surface area contributed by atoms with Crippen molar-refractivity contribution >= 4 is 0 Å². The van der Waals surface area contributed by atoms with E-state index in [2.05, 4.69) is 13.8 Å². The van der Waals surface area contributed by atoms with Gasteiger partial charge in [-0.1, -0.05) is 44.2 Å². The summed E-state index contributed by atoms with van der Waals surface area (Å²) in [5, 5.41) is 21.1. The highest BCUT2D eigenvalue weighted by molar-refractivity contribution is 5.15. The maximum atomic E-state index is 10.9. The summed E-state index contributed by atoms with van der Waals surface area (Å²) in [5.74, 6) is 0.677. The van der Waals surface area contributed by atoms with Crippen molar-refractivity contribution in [3.8, 4) is 0 Å². The third kappa shape index (κ3) is 2.09. The summed E-state index contributed by atoms with van der Waals surface area (Å²) in [5.41, 5.74) is 0.115. The van der Waals surface area contributed by atoms with Crippen LogP contribution < -0.4 is 0 Å². The van der Waals surface area contributed by atoms with Gasteiger partial charge in [-0.25, -0.2) is 0 Å². The molecule has 0 radical (unpaired) electrons. The van der Waals surface area contributed by atoms with E-state index >= 15 is 0 Å². The zero-order valence-electron chi connectivity index (χ0n) is 12.2. The van der Waals surface area contributed by atoms with Crippen molar-refractivity contribution in [3.63, 3.8) is 0 Å². The van der Waals surface area contributed by atoms with E-state index in [1.165, 1.54) is 0 Å². The first-order chi connectivity index (χ1) is 9.44. The van der Waals surface area contributed by atoms with Crippen molar-refractivity contribution in [1.82, 2.24) is 0 Å². The van der Waals surface area contributed by atoms with E-state index in [4.69, 9.17) is 4.74 Å². The van der Waals surface area contributed by atoms with Crippen LogP contribution in [0.2, 0.25) is 0 Å². The van der Waals surface area contributed by atoms with Gasteiger partial charge < -0.3 is 14.9 Å². The molecule has 3 saturated carbocycles. The van der Waals surface area contributed by atoms with Crippen LogP contribution in [0.1, 0.15) is 32.3 Å². The van der Waals surface area contributed by atoms with E-state index in [-0.39, 0.29) is 17.9 Å². The summed E-state index contributed by atoms with van der Waals surface area (Å²) >= 11 is 0. The molecule has 1 aromatic rings. The van der Waals surface area contributed by atoms with E-state index in [1.807, 2.05) is 30.3 Å². The molecule has 3 heteroatoms. The second-order valence-electron chi connectivity index (χ2n) is 7.03. The van der Waals surface area contributed by atoms with Gasteiger partial charge in [0.15, 0.2) is 0 Å².